The molecule has 1 unspecified atom stereocenters. The van der Waals surface area contributed by atoms with Gasteiger partial charge in [-0.15, -0.1) is 11.3 Å². The highest BCUT2D eigenvalue weighted by Gasteiger charge is 2.29. The van der Waals surface area contributed by atoms with E-state index >= 15 is 0 Å². The van der Waals surface area contributed by atoms with Crippen LogP contribution in [0.5, 0.6) is 0 Å². The number of fused-ring (bicyclic) bond motifs is 1. The molecule has 0 radical (unpaired) electrons. The lowest BCUT2D eigenvalue weighted by Gasteiger charge is -2.11. The van der Waals surface area contributed by atoms with Gasteiger partial charge in [0.05, 0.1) is 4.88 Å². The summed E-state index contributed by atoms with van der Waals surface area (Å²) >= 11 is 1.45. The molecule has 1 aliphatic carbocycles. The van der Waals surface area contributed by atoms with Gasteiger partial charge < -0.3 is 10.3 Å². The zero-order chi connectivity index (χ0) is 20.0. The lowest BCUT2D eigenvalue weighted by atomic mass is 10.1. The Bertz CT molecular complexity index is 1190. The van der Waals surface area contributed by atoms with Gasteiger partial charge in [0.1, 0.15) is 11.5 Å². The summed E-state index contributed by atoms with van der Waals surface area (Å²) in [5.41, 5.74) is 4.53. The van der Waals surface area contributed by atoms with Crippen LogP contribution in [0.15, 0.2) is 54.0 Å². The van der Waals surface area contributed by atoms with E-state index in [-0.39, 0.29) is 17.8 Å². The molecule has 1 aromatic carbocycles. The molecule has 1 atom stereocenters. The monoisotopic (exact) mass is 405 g/mol. The molecule has 4 aromatic rings. The zero-order valence-corrected chi connectivity index (χ0v) is 16.7. The fourth-order valence-electron chi connectivity index (χ4n) is 3.56. The van der Waals surface area contributed by atoms with Crippen molar-refractivity contribution in [2.24, 2.45) is 5.92 Å². The number of pyridine rings is 1. The number of hydrogen-bond acceptors (Lipinski definition) is 3. The second kappa shape index (κ2) is 7.12. The van der Waals surface area contributed by atoms with Crippen LogP contribution in [0.25, 0.3) is 33.4 Å². The summed E-state index contributed by atoms with van der Waals surface area (Å²) in [5, 5.41) is 6.07. The summed E-state index contributed by atoms with van der Waals surface area (Å²) in [6.45, 7) is 2.08. The zero-order valence-electron chi connectivity index (χ0n) is 15.9. The minimum atomic E-state index is -0.255. The van der Waals surface area contributed by atoms with Crippen molar-refractivity contribution < 1.29 is 9.18 Å². The average Bonchev–Trinajstić information content (AvgIpc) is 3.30. The highest BCUT2D eigenvalue weighted by molar-refractivity contribution is 7.12. The predicted octanol–water partition coefficient (Wildman–Crippen LogP) is 5.63. The topological polar surface area (TPSA) is 57.8 Å². The highest BCUT2D eigenvalue weighted by atomic mass is 32.1. The molecule has 5 rings (SSSR count). The molecule has 6 heteroatoms. The number of aromatic amines is 1. The lowest BCUT2D eigenvalue weighted by Crippen LogP contribution is -2.33. The second-order valence-electron chi connectivity index (χ2n) is 7.65. The number of amides is 1. The molecule has 3 heterocycles. The smallest absolute Gasteiger partial charge is 0.261 e. The van der Waals surface area contributed by atoms with Crippen LogP contribution in [-0.4, -0.2) is 21.9 Å². The molecule has 2 N–H and O–H groups in total. The molecule has 1 aliphatic rings. The van der Waals surface area contributed by atoms with Crippen molar-refractivity contribution in [2.75, 3.05) is 0 Å². The summed E-state index contributed by atoms with van der Waals surface area (Å²) in [4.78, 5) is 21.0. The van der Waals surface area contributed by atoms with Crippen LogP contribution in [-0.2, 0) is 0 Å². The molecule has 1 fully saturated rings. The van der Waals surface area contributed by atoms with Crippen molar-refractivity contribution in [3.63, 3.8) is 0 Å². The maximum absolute atomic E-state index is 13.2. The van der Waals surface area contributed by atoms with Gasteiger partial charge in [-0.25, -0.2) is 9.37 Å². The number of thiophene rings is 1. The predicted molar refractivity (Wildman–Crippen MR) is 114 cm³/mol. The molecular weight excluding hydrogens is 385 g/mol. The number of H-pyrrole nitrogens is 1. The van der Waals surface area contributed by atoms with E-state index < -0.39 is 0 Å². The maximum atomic E-state index is 13.2. The normalized spacial score (nSPS) is 14.8. The number of carbonyl (C=O) groups is 1. The molecule has 3 aromatic heterocycles. The van der Waals surface area contributed by atoms with Gasteiger partial charge in [0.15, 0.2) is 0 Å². The number of carbonyl (C=O) groups excluding carboxylic acids is 1. The Labute approximate surface area is 171 Å². The standard InChI is InChI=1S/C23H20FN3OS/c1-13(14-2-3-14)26-23(28)21-10-18(12-29-21)17-8-16-9-20(27-22(16)25-11-17)15-4-6-19(24)7-5-15/h4-14H,2-3H2,1H3,(H,25,27)(H,26,28). The third-order valence-electron chi connectivity index (χ3n) is 5.47. The number of hydrogen-bond donors (Lipinski definition) is 2. The third-order valence-corrected chi connectivity index (χ3v) is 6.40. The molecule has 4 nitrogen and oxygen atoms in total. The van der Waals surface area contributed by atoms with Crippen LogP contribution in [0, 0.1) is 11.7 Å². The van der Waals surface area contributed by atoms with Crippen molar-refractivity contribution in [1.82, 2.24) is 15.3 Å². The van der Waals surface area contributed by atoms with Crippen molar-refractivity contribution >= 4 is 28.3 Å². The highest BCUT2D eigenvalue weighted by Crippen LogP contribution is 2.33. The van der Waals surface area contributed by atoms with Crippen LogP contribution < -0.4 is 5.32 Å². The van der Waals surface area contributed by atoms with Gasteiger partial charge in [0, 0.05) is 28.9 Å². The summed E-state index contributed by atoms with van der Waals surface area (Å²) in [5.74, 6) is 0.373. The summed E-state index contributed by atoms with van der Waals surface area (Å²) in [6.07, 6.45) is 4.22. The van der Waals surface area contributed by atoms with E-state index in [0.717, 1.165) is 33.4 Å². The van der Waals surface area contributed by atoms with Crippen LogP contribution in [0.4, 0.5) is 4.39 Å². The number of aromatic nitrogens is 2. The molecule has 0 aliphatic heterocycles. The van der Waals surface area contributed by atoms with Crippen LogP contribution in [0.1, 0.15) is 29.4 Å². The first-order chi connectivity index (χ1) is 14.1. The van der Waals surface area contributed by atoms with Crippen molar-refractivity contribution in [3.8, 4) is 22.4 Å². The molecule has 29 heavy (non-hydrogen) atoms. The summed E-state index contributed by atoms with van der Waals surface area (Å²) < 4.78 is 13.2. The van der Waals surface area contributed by atoms with Crippen LogP contribution in [0.2, 0.25) is 0 Å². The number of rotatable bonds is 5. The molecule has 146 valence electrons. The minimum absolute atomic E-state index is 0.00470. The van der Waals surface area contributed by atoms with Crippen LogP contribution >= 0.6 is 11.3 Å². The fourth-order valence-corrected chi connectivity index (χ4v) is 4.38. The second-order valence-corrected chi connectivity index (χ2v) is 8.56. The van der Waals surface area contributed by atoms with Gasteiger partial charge in [-0.05, 0) is 84.7 Å². The minimum Gasteiger partial charge on any atom is -0.349 e. The Balaban J connectivity index is 1.39. The Morgan fingerprint density at radius 2 is 1.97 bits per heavy atom. The number of nitrogens with one attached hydrogen (secondary N) is 2. The Morgan fingerprint density at radius 3 is 2.72 bits per heavy atom. The maximum Gasteiger partial charge on any atom is 0.261 e. The van der Waals surface area contributed by atoms with Gasteiger partial charge in [-0.1, -0.05) is 0 Å². The van der Waals surface area contributed by atoms with Gasteiger partial charge >= 0.3 is 0 Å². The first-order valence-corrected chi connectivity index (χ1v) is 10.6. The van der Waals surface area contributed by atoms with Crippen molar-refractivity contribution in [3.05, 3.63) is 64.7 Å². The largest absolute Gasteiger partial charge is 0.349 e. The number of benzene rings is 1. The quantitative estimate of drug-likeness (QED) is 0.452. The van der Waals surface area contributed by atoms with Crippen molar-refractivity contribution in [2.45, 2.75) is 25.8 Å². The van der Waals surface area contributed by atoms with Gasteiger partial charge in [-0.2, -0.15) is 0 Å². The van der Waals surface area contributed by atoms with E-state index in [2.05, 4.69) is 28.3 Å². The number of halogens is 1. The van der Waals surface area contributed by atoms with Crippen LogP contribution in [0.3, 0.4) is 0 Å². The average molecular weight is 405 g/mol. The molecule has 0 bridgehead atoms. The summed E-state index contributed by atoms with van der Waals surface area (Å²) in [7, 11) is 0. The van der Waals surface area contributed by atoms with E-state index in [0.29, 0.717) is 10.8 Å². The number of nitrogens with zero attached hydrogens (tertiary/aromatic N) is 1. The third kappa shape index (κ3) is 3.68. The van der Waals surface area contributed by atoms with Gasteiger partial charge in [0.25, 0.3) is 5.91 Å². The first-order valence-electron chi connectivity index (χ1n) is 9.71. The van der Waals surface area contributed by atoms with E-state index in [4.69, 9.17) is 0 Å². The lowest BCUT2D eigenvalue weighted by molar-refractivity contribution is 0.0940. The molecule has 1 saturated carbocycles. The van der Waals surface area contributed by atoms with E-state index in [1.165, 1.54) is 36.3 Å². The fraction of sp³-hybridized carbons (Fsp3) is 0.217. The molecule has 1 amide bonds. The van der Waals surface area contributed by atoms with Crippen molar-refractivity contribution in [1.29, 1.82) is 0 Å². The molecule has 0 saturated heterocycles. The molecular formula is C23H20FN3OS. The molecule has 0 spiro atoms. The van der Waals surface area contributed by atoms with E-state index in [1.807, 2.05) is 23.7 Å². The first kappa shape index (κ1) is 18.1. The van der Waals surface area contributed by atoms with E-state index in [1.54, 1.807) is 12.1 Å². The van der Waals surface area contributed by atoms with Gasteiger partial charge in [0.2, 0.25) is 0 Å². The Hall–Kier alpha value is -2.99. The van der Waals surface area contributed by atoms with E-state index in [9.17, 15) is 9.18 Å². The summed E-state index contributed by atoms with van der Waals surface area (Å²) in [6, 6.07) is 12.6. The Morgan fingerprint density at radius 1 is 1.17 bits per heavy atom. The Kier molecular flexibility index (Phi) is 4.43. The van der Waals surface area contributed by atoms with Gasteiger partial charge in [-0.3, -0.25) is 4.79 Å². The SMILES string of the molecule is CC(NC(=O)c1cc(-c2cnc3[nH]c(-c4ccc(F)cc4)cc3c2)cs1)C1CC1.